The highest BCUT2D eigenvalue weighted by atomic mass is 16.3. The first-order valence-electron chi connectivity index (χ1n) is 10.1. The third kappa shape index (κ3) is 2.68. The lowest BCUT2D eigenvalue weighted by atomic mass is 9.92. The molecule has 1 aromatic heterocycles. The summed E-state index contributed by atoms with van der Waals surface area (Å²) in [6.45, 7) is 6.42. The Kier molecular flexibility index (Phi) is 4.03. The van der Waals surface area contributed by atoms with Gasteiger partial charge in [0.05, 0.1) is 0 Å². The largest absolute Gasteiger partial charge is 0.435 e. The SMILES string of the molecule is Cc1cccc(-c2cccc(-c3nc4cc5c(c(C#N)c4o3)CCC5)c2C)c1C. The van der Waals surface area contributed by atoms with E-state index in [-0.39, 0.29) is 0 Å². The number of hydrogen-bond donors (Lipinski definition) is 0. The third-order valence-electron chi connectivity index (χ3n) is 6.32. The Bertz CT molecular complexity index is 1320. The van der Waals surface area contributed by atoms with E-state index in [2.05, 4.69) is 69.3 Å². The number of aromatic nitrogens is 1. The maximum atomic E-state index is 9.75. The summed E-state index contributed by atoms with van der Waals surface area (Å²) in [5.41, 5.74) is 11.6. The van der Waals surface area contributed by atoms with E-state index in [1.165, 1.54) is 27.8 Å². The second-order valence-electron chi connectivity index (χ2n) is 7.95. The fraction of sp³-hybridized carbons (Fsp3) is 0.231. The molecule has 3 heteroatoms. The number of nitrogens with zero attached hydrogens (tertiary/aromatic N) is 2. The number of aryl methyl sites for hydroxylation is 2. The highest BCUT2D eigenvalue weighted by Gasteiger charge is 2.23. The smallest absolute Gasteiger partial charge is 0.227 e. The molecule has 29 heavy (non-hydrogen) atoms. The molecule has 3 nitrogen and oxygen atoms in total. The molecule has 0 fully saturated rings. The predicted molar refractivity (Wildman–Crippen MR) is 116 cm³/mol. The van der Waals surface area contributed by atoms with Crippen LogP contribution in [0.15, 0.2) is 46.9 Å². The van der Waals surface area contributed by atoms with Gasteiger partial charge in [-0.25, -0.2) is 4.98 Å². The second-order valence-corrected chi connectivity index (χ2v) is 7.95. The maximum Gasteiger partial charge on any atom is 0.227 e. The molecule has 1 aliphatic carbocycles. The summed E-state index contributed by atoms with van der Waals surface area (Å²) >= 11 is 0. The minimum atomic E-state index is 0.588. The molecule has 0 unspecified atom stereocenters. The minimum Gasteiger partial charge on any atom is -0.435 e. The molecule has 142 valence electrons. The zero-order valence-electron chi connectivity index (χ0n) is 17.0. The Balaban J connectivity index is 1.71. The van der Waals surface area contributed by atoms with Crippen LogP contribution in [0, 0.1) is 32.1 Å². The van der Waals surface area contributed by atoms with Crippen LogP contribution in [0.5, 0.6) is 0 Å². The summed E-state index contributed by atoms with van der Waals surface area (Å²) in [5.74, 6) is 0.588. The van der Waals surface area contributed by atoms with Crippen LogP contribution < -0.4 is 0 Å². The van der Waals surface area contributed by atoms with Gasteiger partial charge < -0.3 is 4.42 Å². The fourth-order valence-electron chi connectivity index (χ4n) is 4.56. The highest BCUT2D eigenvalue weighted by Crippen LogP contribution is 2.37. The van der Waals surface area contributed by atoms with Crippen molar-refractivity contribution in [2.45, 2.75) is 40.0 Å². The minimum absolute atomic E-state index is 0.588. The summed E-state index contributed by atoms with van der Waals surface area (Å²) in [6, 6.07) is 17.1. The number of benzene rings is 3. The Labute approximate surface area is 170 Å². The van der Waals surface area contributed by atoms with Crippen LogP contribution in [0.2, 0.25) is 0 Å². The first kappa shape index (κ1) is 17.7. The van der Waals surface area contributed by atoms with Gasteiger partial charge in [0.15, 0.2) is 5.58 Å². The molecule has 0 amide bonds. The monoisotopic (exact) mass is 378 g/mol. The van der Waals surface area contributed by atoms with Crippen molar-refractivity contribution < 1.29 is 4.42 Å². The van der Waals surface area contributed by atoms with Gasteiger partial charge in [0.25, 0.3) is 0 Å². The van der Waals surface area contributed by atoms with Crippen molar-refractivity contribution in [1.29, 1.82) is 5.26 Å². The second kappa shape index (κ2) is 6.60. The predicted octanol–water partition coefficient (Wildman–Crippen LogP) is 6.45. The average molecular weight is 378 g/mol. The molecular weight excluding hydrogens is 356 g/mol. The summed E-state index contributed by atoms with van der Waals surface area (Å²) in [5, 5.41) is 9.75. The van der Waals surface area contributed by atoms with Crippen molar-refractivity contribution in [3.8, 4) is 28.7 Å². The van der Waals surface area contributed by atoms with E-state index >= 15 is 0 Å². The van der Waals surface area contributed by atoms with Gasteiger partial charge in [-0.1, -0.05) is 30.3 Å². The van der Waals surface area contributed by atoms with E-state index in [4.69, 9.17) is 9.40 Å². The van der Waals surface area contributed by atoms with Gasteiger partial charge in [0.2, 0.25) is 5.89 Å². The van der Waals surface area contributed by atoms with Crippen molar-refractivity contribution in [3.05, 3.63) is 75.8 Å². The van der Waals surface area contributed by atoms with Crippen molar-refractivity contribution in [2.24, 2.45) is 0 Å². The van der Waals surface area contributed by atoms with Gasteiger partial charge in [-0.2, -0.15) is 5.26 Å². The molecule has 0 saturated carbocycles. The van der Waals surface area contributed by atoms with Crippen LogP contribution in [-0.4, -0.2) is 4.98 Å². The zero-order valence-corrected chi connectivity index (χ0v) is 17.0. The Morgan fingerprint density at radius 3 is 2.45 bits per heavy atom. The molecule has 5 rings (SSSR count). The first-order valence-corrected chi connectivity index (χ1v) is 10.1. The van der Waals surface area contributed by atoms with Crippen molar-refractivity contribution in [1.82, 2.24) is 4.98 Å². The van der Waals surface area contributed by atoms with Crippen molar-refractivity contribution in [3.63, 3.8) is 0 Å². The molecule has 0 N–H and O–H groups in total. The van der Waals surface area contributed by atoms with Crippen LogP contribution in [0.4, 0.5) is 0 Å². The molecule has 3 aromatic carbocycles. The van der Waals surface area contributed by atoms with Crippen molar-refractivity contribution in [2.75, 3.05) is 0 Å². The van der Waals surface area contributed by atoms with Crippen LogP contribution in [0.1, 0.15) is 39.8 Å². The van der Waals surface area contributed by atoms with Crippen LogP contribution >= 0.6 is 0 Å². The lowest BCUT2D eigenvalue weighted by molar-refractivity contribution is 0.618. The molecule has 0 atom stereocenters. The van der Waals surface area contributed by atoms with E-state index in [9.17, 15) is 5.26 Å². The van der Waals surface area contributed by atoms with Gasteiger partial charge >= 0.3 is 0 Å². The molecule has 1 heterocycles. The fourth-order valence-corrected chi connectivity index (χ4v) is 4.56. The quantitative estimate of drug-likeness (QED) is 0.403. The van der Waals surface area contributed by atoms with Gasteiger partial charge in [-0.05, 0) is 91.1 Å². The van der Waals surface area contributed by atoms with Gasteiger partial charge in [0.1, 0.15) is 17.1 Å². The van der Waals surface area contributed by atoms with Crippen LogP contribution in [-0.2, 0) is 12.8 Å². The lowest BCUT2D eigenvalue weighted by Crippen LogP contribution is -1.92. The first-order chi connectivity index (χ1) is 14.1. The summed E-state index contributed by atoms with van der Waals surface area (Å²) in [7, 11) is 0. The highest BCUT2D eigenvalue weighted by molar-refractivity contribution is 5.86. The van der Waals surface area contributed by atoms with Gasteiger partial charge in [-0.3, -0.25) is 0 Å². The Hall–Kier alpha value is -3.38. The van der Waals surface area contributed by atoms with Crippen molar-refractivity contribution >= 4 is 11.1 Å². The molecule has 1 aliphatic rings. The molecular formula is C26H22N2O. The molecule has 0 radical (unpaired) electrons. The lowest BCUT2D eigenvalue weighted by Gasteiger charge is -2.13. The zero-order chi connectivity index (χ0) is 20.1. The number of rotatable bonds is 2. The molecule has 0 bridgehead atoms. The topological polar surface area (TPSA) is 49.8 Å². The van der Waals surface area contributed by atoms with E-state index in [1.807, 2.05) is 0 Å². The van der Waals surface area contributed by atoms with E-state index in [0.717, 1.165) is 41.5 Å². The van der Waals surface area contributed by atoms with Gasteiger partial charge in [0, 0.05) is 5.56 Å². The summed E-state index contributed by atoms with van der Waals surface area (Å²) in [4.78, 5) is 4.79. The molecule has 0 saturated heterocycles. The maximum absolute atomic E-state index is 9.75. The van der Waals surface area contributed by atoms with Gasteiger partial charge in [-0.15, -0.1) is 0 Å². The average Bonchev–Trinajstić information content (AvgIpc) is 3.35. The summed E-state index contributed by atoms with van der Waals surface area (Å²) in [6.07, 6.45) is 3.06. The Morgan fingerprint density at radius 1 is 0.931 bits per heavy atom. The number of oxazole rings is 1. The normalized spacial score (nSPS) is 12.9. The van der Waals surface area contributed by atoms with E-state index in [0.29, 0.717) is 17.0 Å². The number of fused-ring (bicyclic) bond motifs is 2. The standard InChI is InChI=1S/C26H22N2O/c1-15-7-4-9-19(16(15)2)20-10-6-11-21(17(20)3)26-28-24-13-18-8-5-12-22(18)23(14-27)25(24)29-26/h4,6-7,9-11,13H,5,8,12H2,1-3H3. The molecule has 0 aliphatic heterocycles. The Morgan fingerprint density at radius 2 is 1.66 bits per heavy atom. The third-order valence-corrected chi connectivity index (χ3v) is 6.32. The number of hydrogen-bond acceptors (Lipinski definition) is 3. The number of nitriles is 1. The van der Waals surface area contributed by atoms with Crippen LogP contribution in [0.25, 0.3) is 33.7 Å². The summed E-state index contributed by atoms with van der Waals surface area (Å²) < 4.78 is 6.19. The van der Waals surface area contributed by atoms with Crippen LogP contribution in [0.3, 0.4) is 0 Å². The molecule has 4 aromatic rings. The molecule has 0 spiro atoms. The van der Waals surface area contributed by atoms with E-state index in [1.54, 1.807) is 0 Å². The van der Waals surface area contributed by atoms with E-state index < -0.39 is 0 Å².